The molecule has 1 aliphatic carbocycles. The monoisotopic (exact) mass is 364 g/mol. The van der Waals surface area contributed by atoms with Crippen LogP contribution in [-0.4, -0.2) is 26.6 Å². The van der Waals surface area contributed by atoms with Gasteiger partial charge in [-0.25, -0.2) is 9.97 Å². The Morgan fingerprint density at radius 2 is 2.17 bits per heavy atom. The van der Waals surface area contributed by atoms with Gasteiger partial charge in [0.1, 0.15) is 0 Å². The molecule has 0 saturated carbocycles. The molecule has 128 valence electrons. The Morgan fingerprint density at radius 1 is 1.38 bits per heavy atom. The highest BCUT2D eigenvalue weighted by atomic mass is 32.2. The van der Waals surface area contributed by atoms with Crippen LogP contribution < -0.4 is 10.9 Å². The first kappa shape index (κ1) is 17.2. The standard InChI is InChI=1S/C16H20N4O2S2/c1-16(2,3)11-7-23-15(18-11)19-12(21)8-24-14-17-10-6-4-5-9(10)13(22)20-14/h7H,4-6,8H2,1-3H3,(H,17,20,22)(H,18,19,21). The molecule has 2 aromatic rings. The molecule has 0 aromatic carbocycles. The molecule has 0 fully saturated rings. The maximum Gasteiger partial charge on any atom is 0.254 e. The van der Waals surface area contributed by atoms with Crippen LogP contribution in [0.4, 0.5) is 5.13 Å². The summed E-state index contributed by atoms with van der Waals surface area (Å²) in [5, 5.41) is 5.86. The average molecular weight is 364 g/mol. The van der Waals surface area contributed by atoms with Gasteiger partial charge >= 0.3 is 0 Å². The number of anilines is 1. The molecule has 0 radical (unpaired) electrons. The SMILES string of the molecule is CC(C)(C)c1csc(NC(=O)CSc2nc3c(c(=O)[nH]2)CCC3)n1. The summed E-state index contributed by atoms with van der Waals surface area (Å²) in [5.74, 6) is 0.0320. The third-order valence-electron chi connectivity index (χ3n) is 3.78. The zero-order valence-electron chi connectivity index (χ0n) is 13.9. The maximum atomic E-state index is 12.1. The topological polar surface area (TPSA) is 87.7 Å². The van der Waals surface area contributed by atoms with Crippen molar-refractivity contribution < 1.29 is 4.79 Å². The lowest BCUT2D eigenvalue weighted by atomic mass is 9.93. The highest BCUT2D eigenvalue weighted by molar-refractivity contribution is 7.99. The molecule has 1 aliphatic rings. The molecule has 1 amide bonds. The predicted octanol–water partition coefficient (Wildman–Crippen LogP) is 2.74. The van der Waals surface area contributed by atoms with Gasteiger partial charge in [0.15, 0.2) is 10.3 Å². The Hall–Kier alpha value is -1.67. The van der Waals surface area contributed by atoms with Crippen LogP contribution in [0.15, 0.2) is 15.3 Å². The first-order valence-electron chi connectivity index (χ1n) is 7.83. The molecular formula is C16H20N4O2S2. The number of rotatable bonds is 4. The van der Waals surface area contributed by atoms with E-state index >= 15 is 0 Å². The van der Waals surface area contributed by atoms with Crippen LogP contribution in [-0.2, 0) is 23.1 Å². The molecule has 0 aliphatic heterocycles. The summed E-state index contributed by atoms with van der Waals surface area (Å²) in [6.07, 6.45) is 2.61. The van der Waals surface area contributed by atoms with E-state index in [0.717, 1.165) is 36.2 Å². The Morgan fingerprint density at radius 3 is 2.88 bits per heavy atom. The minimum atomic E-state index is -0.155. The molecule has 8 heteroatoms. The quantitative estimate of drug-likeness (QED) is 0.643. The Bertz CT molecular complexity index is 820. The number of nitrogens with one attached hydrogen (secondary N) is 2. The molecule has 0 atom stereocenters. The van der Waals surface area contributed by atoms with Gasteiger partial charge in [-0.05, 0) is 19.3 Å². The second-order valence-electron chi connectivity index (χ2n) is 6.77. The van der Waals surface area contributed by atoms with E-state index in [1.54, 1.807) is 0 Å². The number of aromatic amines is 1. The van der Waals surface area contributed by atoms with Crippen molar-refractivity contribution in [3.8, 4) is 0 Å². The smallest absolute Gasteiger partial charge is 0.254 e. The maximum absolute atomic E-state index is 12.1. The van der Waals surface area contributed by atoms with Crippen molar-refractivity contribution in [1.29, 1.82) is 0 Å². The summed E-state index contributed by atoms with van der Waals surface area (Å²) in [5.41, 5.74) is 2.51. The van der Waals surface area contributed by atoms with Gasteiger partial charge in [-0.3, -0.25) is 9.59 Å². The van der Waals surface area contributed by atoms with Crippen LogP contribution in [0.1, 0.15) is 44.1 Å². The number of hydrogen-bond acceptors (Lipinski definition) is 6. The Kier molecular flexibility index (Phi) is 4.78. The normalized spacial score (nSPS) is 13.8. The molecule has 2 aromatic heterocycles. The molecule has 0 saturated heterocycles. The van der Waals surface area contributed by atoms with Crippen LogP contribution in [0.2, 0.25) is 0 Å². The second-order valence-corrected chi connectivity index (χ2v) is 8.60. The van der Waals surface area contributed by atoms with Gasteiger partial charge in [0.25, 0.3) is 5.56 Å². The molecule has 2 N–H and O–H groups in total. The lowest BCUT2D eigenvalue weighted by molar-refractivity contribution is -0.113. The van der Waals surface area contributed by atoms with Gasteiger partial charge in [0, 0.05) is 16.4 Å². The third-order valence-corrected chi connectivity index (χ3v) is 5.41. The average Bonchev–Trinajstić information content (AvgIpc) is 3.13. The van der Waals surface area contributed by atoms with Crippen molar-refractivity contribution in [2.75, 3.05) is 11.1 Å². The fourth-order valence-corrected chi connectivity index (χ4v) is 4.09. The fraction of sp³-hybridized carbons (Fsp3) is 0.500. The van der Waals surface area contributed by atoms with E-state index in [2.05, 4.69) is 41.0 Å². The highest BCUT2D eigenvalue weighted by Crippen LogP contribution is 2.26. The first-order chi connectivity index (χ1) is 11.3. The van der Waals surface area contributed by atoms with Gasteiger partial charge in [-0.1, -0.05) is 32.5 Å². The van der Waals surface area contributed by atoms with E-state index in [1.807, 2.05) is 5.38 Å². The number of hydrogen-bond donors (Lipinski definition) is 2. The number of H-pyrrole nitrogens is 1. The number of fused-ring (bicyclic) bond motifs is 1. The molecular weight excluding hydrogens is 344 g/mol. The van der Waals surface area contributed by atoms with Gasteiger partial charge in [-0.15, -0.1) is 11.3 Å². The number of thiazole rings is 1. The number of thioether (sulfide) groups is 1. The number of aryl methyl sites for hydroxylation is 1. The predicted molar refractivity (Wildman–Crippen MR) is 97.1 cm³/mol. The summed E-state index contributed by atoms with van der Waals surface area (Å²) >= 11 is 2.66. The Labute approximate surface area is 148 Å². The lowest BCUT2D eigenvalue weighted by Crippen LogP contribution is -2.18. The summed E-state index contributed by atoms with van der Waals surface area (Å²) in [7, 11) is 0. The summed E-state index contributed by atoms with van der Waals surface area (Å²) in [6.45, 7) is 6.25. The van der Waals surface area contributed by atoms with Gasteiger partial charge in [0.05, 0.1) is 17.1 Å². The van der Waals surface area contributed by atoms with E-state index in [4.69, 9.17) is 0 Å². The fourth-order valence-electron chi connectivity index (χ4n) is 2.45. The van der Waals surface area contributed by atoms with E-state index < -0.39 is 0 Å². The van der Waals surface area contributed by atoms with Crippen molar-refractivity contribution in [3.05, 3.63) is 32.7 Å². The number of carbonyl (C=O) groups excluding carboxylic acids is 1. The molecule has 0 unspecified atom stereocenters. The number of nitrogens with zero attached hydrogens (tertiary/aromatic N) is 2. The molecule has 0 spiro atoms. The van der Waals surface area contributed by atoms with Crippen LogP contribution in [0.3, 0.4) is 0 Å². The number of amides is 1. The Balaban J connectivity index is 1.59. The van der Waals surface area contributed by atoms with Gasteiger partial charge < -0.3 is 10.3 Å². The van der Waals surface area contributed by atoms with E-state index in [9.17, 15) is 9.59 Å². The molecule has 2 heterocycles. The summed E-state index contributed by atoms with van der Waals surface area (Å²) in [6, 6.07) is 0. The molecule has 24 heavy (non-hydrogen) atoms. The zero-order valence-corrected chi connectivity index (χ0v) is 15.6. The van der Waals surface area contributed by atoms with Gasteiger partial charge in [0.2, 0.25) is 5.91 Å². The van der Waals surface area contributed by atoms with Crippen molar-refractivity contribution >= 4 is 34.1 Å². The highest BCUT2D eigenvalue weighted by Gasteiger charge is 2.19. The lowest BCUT2D eigenvalue weighted by Gasteiger charge is -2.14. The third kappa shape index (κ3) is 3.87. The van der Waals surface area contributed by atoms with Crippen LogP contribution in [0.25, 0.3) is 0 Å². The minimum absolute atomic E-state index is 0.0396. The number of aromatic nitrogens is 3. The summed E-state index contributed by atoms with van der Waals surface area (Å²) < 4.78 is 0. The molecule has 3 rings (SSSR count). The van der Waals surface area contributed by atoms with E-state index in [0.29, 0.717) is 10.3 Å². The molecule has 0 bridgehead atoms. The van der Waals surface area contributed by atoms with E-state index in [1.165, 1.54) is 23.1 Å². The van der Waals surface area contributed by atoms with E-state index in [-0.39, 0.29) is 22.6 Å². The number of carbonyl (C=O) groups is 1. The van der Waals surface area contributed by atoms with Crippen molar-refractivity contribution in [2.45, 2.75) is 50.6 Å². The second kappa shape index (κ2) is 6.68. The zero-order chi connectivity index (χ0) is 17.3. The van der Waals surface area contributed by atoms with Crippen LogP contribution in [0, 0.1) is 0 Å². The van der Waals surface area contributed by atoms with Gasteiger partial charge in [-0.2, -0.15) is 0 Å². The largest absolute Gasteiger partial charge is 0.301 e. The minimum Gasteiger partial charge on any atom is -0.301 e. The first-order valence-corrected chi connectivity index (χ1v) is 9.70. The van der Waals surface area contributed by atoms with Crippen molar-refractivity contribution in [3.63, 3.8) is 0 Å². The summed E-state index contributed by atoms with van der Waals surface area (Å²) in [4.78, 5) is 35.7. The van der Waals surface area contributed by atoms with Crippen molar-refractivity contribution in [2.24, 2.45) is 0 Å². The van der Waals surface area contributed by atoms with Crippen molar-refractivity contribution in [1.82, 2.24) is 15.0 Å². The van der Waals surface area contributed by atoms with Crippen LogP contribution in [0.5, 0.6) is 0 Å². The molecule has 6 nitrogen and oxygen atoms in total. The van der Waals surface area contributed by atoms with Crippen LogP contribution >= 0.6 is 23.1 Å².